The van der Waals surface area contributed by atoms with Crippen molar-refractivity contribution in [2.45, 2.75) is 33.6 Å². The molecule has 116 valence electrons. The number of nitrogens with one attached hydrogen (secondary N) is 2. The Morgan fingerprint density at radius 2 is 1.82 bits per heavy atom. The minimum absolute atomic E-state index is 0.165. The number of aromatic nitrogens is 4. The van der Waals surface area contributed by atoms with Crippen LogP contribution in [0.4, 0.5) is 0 Å². The van der Waals surface area contributed by atoms with E-state index in [2.05, 4.69) is 71.9 Å². The molecule has 1 aromatic carbocycles. The van der Waals surface area contributed by atoms with Gasteiger partial charge in [0.1, 0.15) is 0 Å². The van der Waals surface area contributed by atoms with Crippen molar-refractivity contribution in [1.29, 1.82) is 0 Å². The Kier molecular flexibility index (Phi) is 5.15. The van der Waals surface area contributed by atoms with Crippen molar-refractivity contribution < 1.29 is 0 Å². The average Bonchev–Trinajstić information content (AvgIpc) is 3.14. The Labute approximate surface area is 132 Å². The van der Waals surface area contributed by atoms with Gasteiger partial charge in [-0.1, -0.05) is 45.0 Å². The molecule has 0 fully saturated rings. The summed E-state index contributed by atoms with van der Waals surface area (Å²) in [6.07, 6.45) is 8.77. The van der Waals surface area contributed by atoms with Crippen molar-refractivity contribution in [2.24, 2.45) is 5.41 Å². The van der Waals surface area contributed by atoms with E-state index in [1.807, 2.05) is 6.20 Å². The van der Waals surface area contributed by atoms with Gasteiger partial charge in [0.05, 0.1) is 12.7 Å². The molecular weight excluding hydrogens is 272 g/mol. The van der Waals surface area contributed by atoms with Crippen LogP contribution >= 0.6 is 0 Å². The fourth-order valence-corrected chi connectivity index (χ4v) is 2.65. The minimum Gasteiger partial charge on any atom is -0.351 e. The number of H-pyrrole nitrogens is 2. The number of hydrogen-bond acceptors (Lipinski definition) is 2. The van der Waals surface area contributed by atoms with E-state index in [1.165, 1.54) is 16.8 Å². The summed E-state index contributed by atoms with van der Waals surface area (Å²) in [5.74, 6) is 0.353. The molecule has 0 saturated carbocycles. The molecule has 4 heteroatoms. The molecule has 2 N–H and O–H groups in total. The van der Waals surface area contributed by atoms with Crippen LogP contribution in [-0.2, 0) is 0 Å². The third kappa shape index (κ3) is 4.07. The maximum Gasteiger partial charge on any atom is 0.0921 e. The van der Waals surface area contributed by atoms with Gasteiger partial charge in [0, 0.05) is 30.2 Å². The van der Waals surface area contributed by atoms with Crippen LogP contribution in [0.5, 0.6) is 0 Å². The first-order valence-electron chi connectivity index (χ1n) is 7.46. The monoisotopic (exact) mass is 296 g/mol. The lowest BCUT2D eigenvalue weighted by Gasteiger charge is -2.31. The molecule has 4 nitrogen and oxygen atoms in total. The highest BCUT2D eigenvalue weighted by atomic mass is 14.9. The number of hydrogen-bond donors (Lipinski definition) is 2. The second kappa shape index (κ2) is 7.07. The van der Waals surface area contributed by atoms with Crippen molar-refractivity contribution >= 4 is 0 Å². The van der Waals surface area contributed by atoms with Crippen molar-refractivity contribution in [3.8, 4) is 0 Å². The summed E-state index contributed by atoms with van der Waals surface area (Å²) in [4.78, 5) is 13.8. The van der Waals surface area contributed by atoms with Gasteiger partial charge in [-0.2, -0.15) is 0 Å². The fraction of sp³-hybridized carbons (Fsp3) is 0.333. The molecule has 2 aromatic heterocycles. The van der Waals surface area contributed by atoms with E-state index in [-0.39, 0.29) is 5.41 Å². The van der Waals surface area contributed by atoms with Crippen molar-refractivity contribution in [3.05, 3.63) is 72.3 Å². The van der Waals surface area contributed by atoms with Crippen LogP contribution in [0, 0.1) is 12.3 Å². The first-order chi connectivity index (χ1) is 10.5. The summed E-state index contributed by atoms with van der Waals surface area (Å²) in [6, 6.07) is 8.58. The first-order valence-corrected chi connectivity index (χ1v) is 7.46. The highest BCUT2D eigenvalue weighted by Crippen LogP contribution is 2.40. The molecule has 0 saturated heterocycles. The molecule has 22 heavy (non-hydrogen) atoms. The largest absolute Gasteiger partial charge is 0.351 e. The van der Waals surface area contributed by atoms with Gasteiger partial charge in [0.15, 0.2) is 0 Å². The van der Waals surface area contributed by atoms with Crippen molar-refractivity contribution in [2.75, 3.05) is 0 Å². The SMILES string of the molecule is Cc1ccccc1C(c1cnc[nH]1)C(C)(C)C.c1c[nH]cn1. The van der Waals surface area contributed by atoms with E-state index in [1.54, 1.807) is 25.0 Å². The highest BCUT2D eigenvalue weighted by Gasteiger charge is 2.29. The zero-order valence-electron chi connectivity index (χ0n) is 13.7. The zero-order chi connectivity index (χ0) is 16.0. The lowest BCUT2D eigenvalue weighted by atomic mass is 9.73. The Bertz CT molecular complexity index is 631. The second-order valence-electron chi connectivity index (χ2n) is 6.42. The molecule has 1 atom stereocenters. The van der Waals surface area contributed by atoms with Gasteiger partial charge in [0.25, 0.3) is 0 Å². The number of aryl methyl sites for hydroxylation is 1. The smallest absolute Gasteiger partial charge is 0.0921 e. The molecule has 3 rings (SSSR count). The topological polar surface area (TPSA) is 57.4 Å². The number of aromatic amines is 2. The van der Waals surface area contributed by atoms with Crippen LogP contribution in [-0.4, -0.2) is 19.9 Å². The van der Waals surface area contributed by atoms with Gasteiger partial charge in [-0.05, 0) is 23.5 Å². The summed E-state index contributed by atoms with van der Waals surface area (Å²) in [5, 5.41) is 0. The van der Waals surface area contributed by atoms with Gasteiger partial charge >= 0.3 is 0 Å². The van der Waals surface area contributed by atoms with E-state index < -0.39 is 0 Å². The van der Waals surface area contributed by atoms with Crippen LogP contribution in [0.2, 0.25) is 0 Å². The lowest BCUT2D eigenvalue weighted by Crippen LogP contribution is -2.20. The minimum atomic E-state index is 0.165. The normalized spacial score (nSPS) is 12.4. The maximum absolute atomic E-state index is 4.16. The lowest BCUT2D eigenvalue weighted by molar-refractivity contribution is 0.353. The van der Waals surface area contributed by atoms with E-state index in [0.29, 0.717) is 5.92 Å². The summed E-state index contributed by atoms with van der Waals surface area (Å²) in [5.41, 5.74) is 4.07. The van der Waals surface area contributed by atoms with Crippen molar-refractivity contribution in [1.82, 2.24) is 19.9 Å². The van der Waals surface area contributed by atoms with E-state index in [0.717, 1.165) is 0 Å². The molecule has 0 bridgehead atoms. The van der Waals surface area contributed by atoms with E-state index in [9.17, 15) is 0 Å². The van der Waals surface area contributed by atoms with Gasteiger partial charge in [-0.3, -0.25) is 0 Å². The highest BCUT2D eigenvalue weighted by molar-refractivity contribution is 5.35. The molecular formula is C18H24N4. The van der Waals surface area contributed by atoms with Gasteiger partial charge in [-0.15, -0.1) is 0 Å². The molecule has 0 spiro atoms. The summed E-state index contributed by atoms with van der Waals surface area (Å²) in [7, 11) is 0. The van der Waals surface area contributed by atoms with Gasteiger partial charge < -0.3 is 9.97 Å². The number of rotatable bonds is 2. The summed E-state index contributed by atoms with van der Waals surface area (Å²) in [6.45, 7) is 8.98. The van der Waals surface area contributed by atoms with Crippen LogP contribution in [0.25, 0.3) is 0 Å². The number of nitrogens with zero attached hydrogens (tertiary/aromatic N) is 2. The molecule has 0 aliphatic carbocycles. The van der Waals surface area contributed by atoms with Gasteiger partial charge in [0.2, 0.25) is 0 Å². The predicted molar refractivity (Wildman–Crippen MR) is 89.7 cm³/mol. The Balaban J connectivity index is 0.000000299. The van der Waals surface area contributed by atoms with Crippen LogP contribution < -0.4 is 0 Å². The number of benzene rings is 1. The molecule has 2 heterocycles. The zero-order valence-corrected chi connectivity index (χ0v) is 13.7. The van der Waals surface area contributed by atoms with Crippen molar-refractivity contribution in [3.63, 3.8) is 0 Å². The molecule has 3 aromatic rings. The summed E-state index contributed by atoms with van der Waals surface area (Å²) >= 11 is 0. The molecule has 1 unspecified atom stereocenters. The Morgan fingerprint density at radius 1 is 1.05 bits per heavy atom. The average molecular weight is 296 g/mol. The first kappa shape index (κ1) is 16.0. The van der Waals surface area contributed by atoms with Crippen LogP contribution in [0.3, 0.4) is 0 Å². The maximum atomic E-state index is 4.16. The quantitative estimate of drug-likeness (QED) is 0.740. The predicted octanol–water partition coefficient (Wildman–Crippen LogP) is 4.31. The number of imidazole rings is 2. The molecule has 0 aliphatic rings. The standard InChI is InChI=1S/C15H20N2.C3H4N2/c1-11-7-5-6-8-12(11)14(15(2,3)4)13-9-16-10-17-13;1-2-5-3-4-1/h5-10,14H,1-4H3,(H,16,17);1-3H,(H,4,5). The fourth-order valence-electron chi connectivity index (χ4n) is 2.65. The summed E-state index contributed by atoms with van der Waals surface area (Å²) < 4.78 is 0. The Hall–Kier alpha value is -2.36. The third-order valence-electron chi connectivity index (χ3n) is 3.60. The second-order valence-corrected chi connectivity index (χ2v) is 6.42. The van der Waals surface area contributed by atoms with Crippen LogP contribution in [0.1, 0.15) is 43.5 Å². The van der Waals surface area contributed by atoms with Crippen LogP contribution in [0.15, 0.2) is 55.5 Å². The van der Waals surface area contributed by atoms with E-state index in [4.69, 9.17) is 0 Å². The van der Waals surface area contributed by atoms with E-state index >= 15 is 0 Å². The Morgan fingerprint density at radius 3 is 2.27 bits per heavy atom. The third-order valence-corrected chi connectivity index (χ3v) is 3.60. The molecule has 0 amide bonds. The van der Waals surface area contributed by atoms with Gasteiger partial charge in [-0.25, -0.2) is 9.97 Å². The molecule has 0 radical (unpaired) electrons. The molecule has 0 aliphatic heterocycles.